The second-order valence-corrected chi connectivity index (χ2v) is 3.48. The van der Waals surface area contributed by atoms with Crippen molar-refractivity contribution >= 4 is 8.60 Å². The first-order valence-electron chi connectivity index (χ1n) is 4.35. The molecule has 3 N–H and O–H groups in total. The first-order chi connectivity index (χ1) is 6.77. The number of hydrogen-bond donors (Lipinski definition) is 2. The van der Waals surface area contributed by atoms with Crippen LogP contribution in [0.4, 0.5) is 0 Å². The maximum atomic E-state index is 9.30. The fraction of sp³-hybridized carbons (Fsp3) is 0.333. The third-order valence-corrected chi connectivity index (χ3v) is 2.44. The average molecular weight is 215 g/mol. The molecule has 0 bridgehead atoms. The summed E-state index contributed by atoms with van der Waals surface area (Å²) in [7, 11) is -1.83. The molecule has 1 rings (SSSR count). The predicted molar refractivity (Wildman–Crippen MR) is 55.7 cm³/mol. The summed E-state index contributed by atoms with van der Waals surface area (Å²) in [5.41, 5.74) is 6.36. The van der Waals surface area contributed by atoms with Crippen LogP contribution in [-0.4, -0.2) is 11.5 Å². The molecule has 0 radical (unpaired) electrons. The van der Waals surface area contributed by atoms with Gasteiger partial charge >= 0.3 is 8.60 Å². The van der Waals surface area contributed by atoms with E-state index in [9.17, 15) is 4.89 Å². The Kier molecular flexibility index (Phi) is 4.84. The van der Waals surface area contributed by atoms with Crippen molar-refractivity contribution in [3.63, 3.8) is 0 Å². The molecule has 4 nitrogen and oxygen atoms in total. The van der Waals surface area contributed by atoms with Gasteiger partial charge in [-0.25, -0.2) is 0 Å². The van der Waals surface area contributed by atoms with Crippen molar-refractivity contribution in [1.29, 1.82) is 0 Å². The van der Waals surface area contributed by atoms with Crippen LogP contribution in [0.15, 0.2) is 24.3 Å². The SMILES string of the molecule is CCOP(O)Oc1ccccc1CN. The van der Waals surface area contributed by atoms with Crippen molar-refractivity contribution in [1.82, 2.24) is 0 Å². The summed E-state index contributed by atoms with van der Waals surface area (Å²) >= 11 is 0. The molecular weight excluding hydrogens is 201 g/mol. The lowest BCUT2D eigenvalue weighted by molar-refractivity contribution is 0.274. The molecule has 0 saturated heterocycles. The zero-order valence-electron chi connectivity index (χ0n) is 8.01. The quantitative estimate of drug-likeness (QED) is 0.735. The Balaban J connectivity index is 2.65. The van der Waals surface area contributed by atoms with E-state index in [1.165, 1.54) is 0 Å². The fourth-order valence-electron chi connectivity index (χ4n) is 0.982. The van der Waals surface area contributed by atoms with E-state index >= 15 is 0 Å². The molecule has 1 aromatic carbocycles. The van der Waals surface area contributed by atoms with Crippen molar-refractivity contribution in [2.45, 2.75) is 13.5 Å². The summed E-state index contributed by atoms with van der Waals surface area (Å²) in [6.45, 7) is 2.60. The molecule has 1 aromatic rings. The standard InChI is InChI=1S/C9H14NO3P/c1-2-12-14(11)13-9-6-4-3-5-8(9)7-10/h3-6,11H,2,7,10H2,1H3. The highest BCUT2D eigenvalue weighted by atomic mass is 31.2. The molecule has 78 valence electrons. The Labute approximate surface area is 84.6 Å². The normalized spacial score (nSPS) is 12.5. The van der Waals surface area contributed by atoms with Gasteiger partial charge in [-0.3, -0.25) is 0 Å². The van der Waals surface area contributed by atoms with Crippen LogP contribution in [0, 0.1) is 0 Å². The second-order valence-electron chi connectivity index (χ2n) is 2.56. The van der Waals surface area contributed by atoms with E-state index < -0.39 is 8.60 Å². The highest BCUT2D eigenvalue weighted by Gasteiger charge is 2.09. The lowest BCUT2D eigenvalue weighted by Crippen LogP contribution is -2.00. The van der Waals surface area contributed by atoms with Gasteiger partial charge in [-0.2, -0.15) is 0 Å². The summed E-state index contributed by atoms with van der Waals surface area (Å²) in [5.74, 6) is 0.581. The molecule has 1 unspecified atom stereocenters. The summed E-state index contributed by atoms with van der Waals surface area (Å²) in [6, 6.07) is 7.30. The Hall–Kier alpha value is -0.670. The van der Waals surface area contributed by atoms with E-state index in [1.807, 2.05) is 18.2 Å². The predicted octanol–water partition coefficient (Wildman–Crippen LogP) is 1.78. The maximum Gasteiger partial charge on any atom is 0.394 e. The monoisotopic (exact) mass is 215 g/mol. The summed E-state index contributed by atoms with van der Waals surface area (Å²) < 4.78 is 10.1. The lowest BCUT2D eigenvalue weighted by atomic mass is 10.2. The van der Waals surface area contributed by atoms with Gasteiger partial charge in [-0.1, -0.05) is 18.2 Å². The molecule has 0 saturated carbocycles. The van der Waals surface area contributed by atoms with Crippen molar-refractivity contribution < 1.29 is 13.9 Å². The number of benzene rings is 1. The minimum Gasteiger partial charge on any atom is -0.427 e. The molecule has 0 heterocycles. The smallest absolute Gasteiger partial charge is 0.394 e. The Morgan fingerprint density at radius 2 is 2.14 bits per heavy atom. The van der Waals surface area contributed by atoms with Gasteiger partial charge in [0.15, 0.2) is 0 Å². The first-order valence-corrected chi connectivity index (χ1v) is 5.48. The molecule has 0 aromatic heterocycles. The molecule has 14 heavy (non-hydrogen) atoms. The van der Waals surface area contributed by atoms with E-state index in [-0.39, 0.29) is 0 Å². The Morgan fingerprint density at radius 1 is 1.43 bits per heavy atom. The number of nitrogens with two attached hydrogens (primary N) is 1. The van der Waals surface area contributed by atoms with Crippen LogP contribution in [0.1, 0.15) is 12.5 Å². The Morgan fingerprint density at radius 3 is 2.79 bits per heavy atom. The second kappa shape index (κ2) is 5.94. The molecule has 1 atom stereocenters. The average Bonchev–Trinajstić information content (AvgIpc) is 2.19. The number of para-hydroxylation sites is 1. The summed E-state index contributed by atoms with van der Waals surface area (Å²) in [5, 5.41) is 0. The zero-order chi connectivity index (χ0) is 10.4. The number of rotatable bonds is 5. The van der Waals surface area contributed by atoms with Crippen LogP contribution in [0.5, 0.6) is 5.75 Å². The van der Waals surface area contributed by atoms with E-state index in [0.717, 1.165) is 5.56 Å². The minimum atomic E-state index is -1.83. The van der Waals surface area contributed by atoms with Gasteiger partial charge in [0.1, 0.15) is 5.75 Å². The summed E-state index contributed by atoms with van der Waals surface area (Å²) in [4.78, 5) is 9.30. The zero-order valence-corrected chi connectivity index (χ0v) is 8.91. The van der Waals surface area contributed by atoms with Crippen LogP contribution in [-0.2, 0) is 11.1 Å². The maximum absolute atomic E-state index is 9.30. The lowest BCUT2D eigenvalue weighted by Gasteiger charge is -2.12. The minimum absolute atomic E-state index is 0.380. The van der Waals surface area contributed by atoms with Crippen molar-refractivity contribution in [2.24, 2.45) is 5.73 Å². The summed E-state index contributed by atoms with van der Waals surface area (Å²) in [6.07, 6.45) is 0. The first kappa shape index (κ1) is 11.4. The molecule has 0 fully saturated rings. The van der Waals surface area contributed by atoms with E-state index in [4.69, 9.17) is 14.8 Å². The van der Waals surface area contributed by atoms with Gasteiger partial charge in [0.2, 0.25) is 0 Å². The fourth-order valence-corrected chi connectivity index (χ4v) is 1.60. The van der Waals surface area contributed by atoms with Crippen LogP contribution in [0.3, 0.4) is 0 Å². The molecule has 0 aliphatic heterocycles. The van der Waals surface area contributed by atoms with Crippen molar-refractivity contribution in [3.05, 3.63) is 29.8 Å². The molecule has 0 aliphatic carbocycles. The van der Waals surface area contributed by atoms with Crippen LogP contribution in [0.2, 0.25) is 0 Å². The van der Waals surface area contributed by atoms with Crippen LogP contribution < -0.4 is 10.3 Å². The van der Waals surface area contributed by atoms with Gasteiger partial charge in [0.25, 0.3) is 0 Å². The van der Waals surface area contributed by atoms with E-state index in [0.29, 0.717) is 18.9 Å². The van der Waals surface area contributed by atoms with Gasteiger partial charge in [0, 0.05) is 12.1 Å². The van der Waals surface area contributed by atoms with Crippen molar-refractivity contribution in [2.75, 3.05) is 6.61 Å². The van der Waals surface area contributed by atoms with E-state index in [2.05, 4.69) is 0 Å². The highest BCUT2D eigenvalue weighted by molar-refractivity contribution is 7.41. The Bertz CT molecular complexity index is 283. The number of hydrogen-bond acceptors (Lipinski definition) is 4. The van der Waals surface area contributed by atoms with Gasteiger partial charge in [-0.05, 0) is 13.0 Å². The highest BCUT2D eigenvalue weighted by Crippen LogP contribution is 2.36. The van der Waals surface area contributed by atoms with Gasteiger partial charge in [0.05, 0.1) is 6.61 Å². The van der Waals surface area contributed by atoms with Crippen LogP contribution in [0.25, 0.3) is 0 Å². The molecular formula is C9H14NO3P. The third-order valence-electron chi connectivity index (χ3n) is 1.61. The third kappa shape index (κ3) is 3.24. The van der Waals surface area contributed by atoms with Crippen molar-refractivity contribution in [3.8, 4) is 5.75 Å². The van der Waals surface area contributed by atoms with Gasteiger partial charge in [-0.15, -0.1) is 0 Å². The molecule has 0 amide bonds. The molecule has 0 aliphatic rings. The van der Waals surface area contributed by atoms with Crippen LogP contribution >= 0.6 is 8.60 Å². The molecule has 5 heteroatoms. The topological polar surface area (TPSA) is 64.7 Å². The molecule has 0 spiro atoms. The van der Waals surface area contributed by atoms with E-state index in [1.54, 1.807) is 13.0 Å². The largest absolute Gasteiger partial charge is 0.427 e. The van der Waals surface area contributed by atoms with Gasteiger partial charge < -0.3 is 19.7 Å².